The Balaban J connectivity index is 0.00000169. The molecule has 0 bridgehead atoms. The van der Waals surface area contributed by atoms with Gasteiger partial charge in [0.05, 0.1) is 17.7 Å². The lowest BCUT2D eigenvalue weighted by Crippen LogP contribution is -2.05. The quantitative estimate of drug-likeness (QED) is 0.444. The molecule has 1 aromatic carbocycles. The van der Waals surface area contributed by atoms with E-state index in [9.17, 15) is 9.90 Å². The SMILES string of the molecule is COC(=O)c1cc(O)c(Cl)cc1N.Cl. The number of esters is 1. The number of carbonyl (C=O) groups excluding carboxylic acids is 1. The highest BCUT2D eigenvalue weighted by Gasteiger charge is 2.12. The molecule has 78 valence electrons. The molecule has 0 unspecified atom stereocenters. The Hall–Kier alpha value is -1.13. The fourth-order valence-electron chi connectivity index (χ4n) is 0.864. The maximum atomic E-state index is 11.0. The summed E-state index contributed by atoms with van der Waals surface area (Å²) in [6, 6.07) is 2.46. The van der Waals surface area contributed by atoms with E-state index >= 15 is 0 Å². The summed E-state index contributed by atoms with van der Waals surface area (Å²) in [6.45, 7) is 0. The zero-order valence-corrected chi connectivity index (χ0v) is 8.85. The first-order chi connectivity index (χ1) is 6.06. The third-order valence-corrected chi connectivity index (χ3v) is 1.83. The fourth-order valence-corrected chi connectivity index (χ4v) is 1.04. The number of nitrogen functional groups attached to an aromatic ring is 1. The highest BCUT2D eigenvalue weighted by Crippen LogP contribution is 2.28. The second kappa shape index (κ2) is 4.93. The Morgan fingerprint density at radius 2 is 2.14 bits per heavy atom. The molecule has 0 aliphatic heterocycles. The van der Waals surface area contributed by atoms with Crippen LogP contribution in [0, 0.1) is 0 Å². The first-order valence-corrected chi connectivity index (χ1v) is 3.80. The number of rotatable bonds is 1. The summed E-state index contributed by atoms with van der Waals surface area (Å²) in [6.07, 6.45) is 0. The largest absolute Gasteiger partial charge is 0.506 e. The van der Waals surface area contributed by atoms with Crippen LogP contribution in [0.3, 0.4) is 0 Å². The molecule has 1 rings (SSSR count). The van der Waals surface area contributed by atoms with Crippen LogP contribution in [0.5, 0.6) is 5.75 Å². The van der Waals surface area contributed by atoms with Gasteiger partial charge in [-0.05, 0) is 12.1 Å². The summed E-state index contributed by atoms with van der Waals surface area (Å²) < 4.78 is 4.44. The van der Waals surface area contributed by atoms with Crippen molar-refractivity contribution in [3.05, 3.63) is 22.7 Å². The van der Waals surface area contributed by atoms with Crippen LogP contribution < -0.4 is 5.73 Å². The van der Waals surface area contributed by atoms with Crippen LogP contribution >= 0.6 is 24.0 Å². The number of halogens is 2. The summed E-state index contributed by atoms with van der Waals surface area (Å²) in [5.74, 6) is -0.805. The standard InChI is InChI=1S/C8H8ClNO3.ClH/c1-13-8(12)4-2-7(11)5(9)3-6(4)10;/h2-3,11H,10H2,1H3;1H. The van der Waals surface area contributed by atoms with Gasteiger partial charge >= 0.3 is 5.97 Å². The first-order valence-electron chi connectivity index (χ1n) is 3.42. The lowest BCUT2D eigenvalue weighted by atomic mass is 10.2. The van der Waals surface area contributed by atoms with Crippen LogP contribution in [0.15, 0.2) is 12.1 Å². The van der Waals surface area contributed by atoms with Crippen molar-refractivity contribution >= 4 is 35.7 Å². The average molecular weight is 238 g/mol. The van der Waals surface area contributed by atoms with Crippen LogP contribution in [-0.2, 0) is 4.74 Å². The van der Waals surface area contributed by atoms with Gasteiger partial charge in [-0.3, -0.25) is 0 Å². The molecular weight excluding hydrogens is 229 g/mol. The van der Waals surface area contributed by atoms with E-state index in [2.05, 4.69) is 4.74 Å². The van der Waals surface area contributed by atoms with Gasteiger partial charge in [0, 0.05) is 5.69 Å². The van der Waals surface area contributed by atoms with Gasteiger partial charge < -0.3 is 15.6 Å². The molecular formula is C8H9Cl2NO3. The number of hydrogen-bond donors (Lipinski definition) is 2. The lowest BCUT2D eigenvalue weighted by Gasteiger charge is -2.05. The zero-order valence-electron chi connectivity index (χ0n) is 7.28. The van der Waals surface area contributed by atoms with Crippen molar-refractivity contribution in [3.8, 4) is 5.75 Å². The van der Waals surface area contributed by atoms with Gasteiger partial charge in [-0.25, -0.2) is 4.79 Å². The third kappa shape index (κ3) is 2.43. The average Bonchev–Trinajstić information content (AvgIpc) is 2.10. The van der Waals surface area contributed by atoms with E-state index in [-0.39, 0.29) is 34.4 Å². The molecule has 0 aliphatic rings. The Bertz CT molecular complexity index is 355. The molecule has 0 heterocycles. The van der Waals surface area contributed by atoms with Crippen molar-refractivity contribution in [3.63, 3.8) is 0 Å². The number of ether oxygens (including phenoxy) is 1. The Kier molecular flexibility index (Phi) is 4.53. The molecule has 6 heteroatoms. The van der Waals surface area contributed by atoms with E-state index in [4.69, 9.17) is 17.3 Å². The molecule has 0 aliphatic carbocycles. The lowest BCUT2D eigenvalue weighted by molar-refractivity contribution is 0.0601. The number of anilines is 1. The minimum absolute atomic E-state index is 0. The molecule has 14 heavy (non-hydrogen) atoms. The number of methoxy groups -OCH3 is 1. The second-order valence-electron chi connectivity index (χ2n) is 2.38. The van der Waals surface area contributed by atoms with Crippen molar-refractivity contribution in [2.45, 2.75) is 0 Å². The van der Waals surface area contributed by atoms with E-state index in [1.165, 1.54) is 19.2 Å². The minimum atomic E-state index is -0.607. The van der Waals surface area contributed by atoms with Crippen molar-refractivity contribution < 1.29 is 14.6 Å². The van der Waals surface area contributed by atoms with Crippen molar-refractivity contribution in [2.24, 2.45) is 0 Å². The molecule has 0 atom stereocenters. The fraction of sp³-hybridized carbons (Fsp3) is 0.125. The molecule has 0 aromatic heterocycles. The number of aromatic hydroxyl groups is 1. The molecule has 0 saturated carbocycles. The van der Waals surface area contributed by atoms with Gasteiger partial charge in [-0.2, -0.15) is 0 Å². The second-order valence-corrected chi connectivity index (χ2v) is 2.79. The normalized spacial score (nSPS) is 9.00. The zero-order chi connectivity index (χ0) is 10.0. The number of phenols is 1. The molecule has 3 N–H and O–H groups in total. The minimum Gasteiger partial charge on any atom is -0.506 e. The number of hydrogen-bond acceptors (Lipinski definition) is 4. The summed E-state index contributed by atoms with van der Waals surface area (Å²) in [5, 5.41) is 9.28. The van der Waals surface area contributed by atoms with Gasteiger partial charge in [0.2, 0.25) is 0 Å². The highest BCUT2D eigenvalue weighted by molar-refractivity contribution is 6.32. The Morgan fingerprint density at radius 1 is 1.57 bits per heavy atom. The van der Waals surface area contributed by atoms with E-state index in [0.29, 0.717) is 0 Å². The predicted molar refractivity (Wildman–Crippen MR) is 56.1 cm³/mol. The third-order valence-electron chi connectivity index (χ3n) is 1.52. The number of nitrogens with two attached hydrogens (primary N) is 1. The van der Waals surface area contributed by atoms with E-state index in [1.54, 1.807) is 0 Å². The van der Waals surface area contributed by atoms with Gasteiger partial charge in [-0.15, -0.1) is 12.4 Å². The molecule has 1 aromatic rings. The van der Waals surface area contributed by atoms with Crippen molar-refractivity contribution in [1.29, 1.82) is 0 Å². The number of carbonyl (C=O) groups is 1. The molecule has 0 amide bonds. The van der Waals surface area contributed by atoms with Crippen LogP contribution in [0.4, 0.5) is 5.69 Å². The number of benzene rings is 1. The summed E-state index contributed by atoms with van der Waals surface area (Å²) in [7, 11) is 1.23. The van der Waals surface area contributed by atoms with E-state index < -0.39 is 5.97 Å². The molecule has 0 radical (unpaired) electrons. The topological polar surface area (TPSA) is 72.5 Å². The molecule has 0 saturated heterocycles. The Morgan fingerprint density at radius 3 is 2.64 bits per heavy atom. The van der Waals surface area contributed by atoms with E-state index in [0.717, 1.165) is 0 Å². The van der Waals surface area contributed by atoms with Crippen LogP contribution in [0.1, 0.15) is 10.4 Å². The number of phenolic OH excluding ortho intramolecular Hbond substituents is 1. The molecule has 0 spiro atoms. The van der Waals surface area contributed by atoms with Crippen LogP contribution in [0.25, 0.3) is 0 Å². The van der Waals surface area contributed by atoms with Crippen LogP contribution in [-0.4, -0.2) is 18.2 Å². The maximum Gasteiger partial charge on any atom is 0.340 e. The molecule has 0 fully saturated rings. The first kappa shape index (κ1) is 12.9. The monoisotopic (exact) mass is 237 g/mol. The van der Waals surface area contributed by atoms with Crippen molar-refractivity contribution in [2.75, 3.05) is 12.8 Å². The smallest absolute Gasteiger partial charge is 0.340 e. The van der Waals surface area contributed by atoms with Crippen molar-refractivity contribution in [1.82, 2.24) is 0 Å². The van der Waals surface area contributed by atoms with Crippen LogP contribution in [0.2, 0.25) is 5.02 Å². The van der Waals surface area contributed by atoms with Gasteiger partial charge in [0.1, 0.15) is 5.75 Å². The van der Waals surface area contributed by atoms with Gasteiger partial charge in [-0.1, -0.05) is 11.6 Å². The van der Waals surface area contributed by atoms with Gasteiger partial charge in [0.25, 0.3) is 0 Å². The van der Waals surface area contributed by atoms with Gasteiger partial charge in [0.15, 0.2) is 0 Å². The summed E-state index contributed by atoms with van der Waals surface area (Å²) in [4.78, 5) is 11.0. The summed E-state index contributed by atoms with van der Waals surface area (Å²) >= 11 is 5.55. The summed E-state index contributed by atoms with van der Waals surface area (Å²) in [5.41, 5.74) is 5.75. The predicted octanol–water partition coefficient (Wildman–Crippen LogP) is 1.84. The van der Waals surface area contributed by atoms with E-state index in [1.807, 2.05) is 0 Å². The maximum absolute atomic E-state index is 11.0. The Labute approximate surface area is 92.0 Å². The highest BCUT2D eigenvalue weighted by atomic mass is 35.5. The molecule has 4 nitrogen and oxygen atoms in total.